The Morgan fingerprint density at radius 3 is 2.41 bits per heavy atom. The summed E-state index contributed by atoms with van der Waals surface area (Å²) in [5.41, 5.74) is 11.1. The van der Waals surface area contributed by atoms with Gasteiger partial charge in [-0.3, -0.25) is 0 Å². The van der Waals surface area contributed by atoms with E-state index in [1.807, 2.05) is 12.1 Å². The van der Waals surface area contributed by atoms with E-state index in [0.29, 0.717) is 32.3 Å². The Balaban J connectivity index is 1.40. The van der Waals surface area contributed by atoms with Crippen LogP contribution in [-0.2, 0) is 22.7 Å². The molecule has 0 amide bonds. The molecule has 2 aromatic carbocycles. The zero-order valence-corrected chi connectivity index (χ0v) is 17.5. The third kappa shape index (κ3) is 4.13. The van der Waals surface area contributed by atoms with Gasteiger partial charge >= 0.3 is 0 Å². The molecule has 4 atom stereocenters. The van der Waals surface area contributed by atoms with E-state index < -0.39 is 0 Å². The number of rotatable bonds is 6. The quantitative estimate of drug-likeness (QED) is 0.794. The second-order valence-electron chi connectivity index (χ2n) is 8.06. The lowest BCUT2D eigenvalue weighted by molar-refractivity contribution is -0.00287. The smallest absolute Gasteiger partial charge is 0.119 e. The van der Waals surface area contributed by atoms with Gasteiger partial charge in [-0.2, -0.15) is 0 Å². The second kappa shape index (κ2) is 8.74. The summed E-state index contributed by atoms with van der Waals surface area (Å²) in [6, 6.07) is 12.5. The van der Waals surface area contributed by atoms with Crippen molar-refractivity contribution in [3.63, 3.8) is 0 Å². The molecule has 4 unspecified atom stereocenters. The summed E-state index contributed by atoms with van der Waals surface area (Å²) < 4.78 is 23.4. The maximum atomic E-state index is 6.12. The fourth-order valence-corrected chi connectivity index (χ4v) is 4.38. The van der Waals surface area contributed by atoms with Crippen LogP contribution in [0.3, 0.4) is 0 Å². The van der Waals surface area contributed by atoms with Crippen LogP contribution < -0.4 is 15.2 Å². The molecule has 5 heteroatoms. The Bertz CT molecular complexity index is 853. The standard InChI is InChI=1S/C24H31NO4/c1-15-16(2)28-13-17-5-7-20(11-21(15)17)27-9-8-24-23(12-25)22-10-19(26-3)6-4-18(22)14-29-24/h4-7,10-11,15-16,23-24H,8-9,12-14,25H2,1-3H3. The summed E-state index contributed by atoms with van der Waals surface area (Å²) >= 11 is 0. The molecular weight excluding hydrogens is 366 g/mol. The lowest BCUT2D eigenvalue weighted by Crippen LogP contribution is -2.34. The van der Waals surface area contributed by atoms with E-state index in [4.69, 9.17) is 24.7 Å². The Morgan fingerprint density at radius 2 is 1.66 bits per heavy atom. The Kier molecular flexibility index (Phi) is 6.09. The molecule has 0 saturated carbocycles. The largest absolute Gasteiger partial charge is 0.497 e. The van der Waals surface area contributed by atoms with E-state index in [1.54, 1.807) is 7.11 Å². The van der Waals surface area contributed by atoms with Gasteiger partial charge in [0.1, 0.15) is 11.5 Å². The summed E-state index contributed by atoms with van der Waals surface area (Å²) in [4.78, 5) is 0. The minimum Gasteiger partial charge on any atom is -0.497 e. The van der Waals surface area contributed by atoms with Crippen molar-refractivity contribution in [2.75, 3.05) is 20.3 Å². The molecule has 2 aliphatic heterocycles. The summed E-state index contributed by atoms with van der Waals surface area (Å²) in [5, 5.41) is 0. The predicted molar refractivity (Wildman–Crippen MR) is 113 cm³/mol. The monoisotopic (exact) mass is 397 g/mol. The van der Waals surface area contributed by atoms with Gasteiger partial charge in [0.05, 0.1) is 39.1 Å². The SMILES string of the molecule is COc1ccc2c(c1)C(CN)C(CCOc1ccc3c(c1)C(C)C(C)OC3)OC2. The second-order valence-corrected chi connectivity index (χ2v) is 8.06. The van der Waals surface area contributed by atoms with Gasteiger partial charge < -0.3 is 24.7 Å². The molecule has 0 radical (unpaired) electrons. The molecular formula is C24H31NO4. The topological polar surface area (TPSA) is 62.9 Å². The van der Waals surface area contributed by atoms with Crippen molar-refractivity contribution in [3.05, 3.63) is 58.7 Å². The predicted octanol–water partition coefficient (Wildman–Crippen LogP) is 4.13. The first-order valence-corrected chi connectivity index (χ1v) is 10.5. The average molecular weight is 398 g/mol. The lowest BCUT2D eigenvalue weighted by Gasteiger charge is -2.33. The fourth-order valence-electron chi connectivity index (χ4n) is 4.38. The summed E-state index contributed by atoms with van der Waals surface area (Å²) in [7, 11) is 1.69. The molecule has 0 aliphatic carbocycles. The minimum absolute atomic E-state index is 0.0459. The van der Waals surface area contributed by atoms with E-state index in [9.17, 15) is 0 Å². The molecule has 2 heterocycles. The van der Waals surface area contributed by atoms with E-state index in [1.165, 1.54) is 22.3 Å². The van der Waals surface area contributed by atoms with Crippen LogP contribution >= 0.6 is 0 Å². The number of benzene rings is 2. The van der Waals surface area contributed by atoms with Crippen LogP contribution in [0.15, 0.2) is 36.4 Å². The van der Waals surface area contributed by atoms with E-state index in [0.717, 1.165) is 17.9 Å². The molecule has 0 fully saturated rings. The van der Waals surface area contributed by atoms with Crippen molar-refractivity contribution in [1.29, 1.82) is 0 Å². The molecule has 4 rings (SSSR count). The summed E-state index contributed by atoms with van der Waals surface area (Å²) in [5.74, 6) is 2.29. The molecule has 2 aliphatic rings. The highest BCUT2D eigenvalue weighted by Gasteiger charge is 2.30. The third-order valence-corrected chi connectivity index (χ3v) is 6.39. The number of nitrogens with two attached hydrogens (primary N) is 1. The molecule has 0 saturated heterocycles. The highest BCUT2D eigenvalue weighted by molar-refractivity contribution is 5.40. The first-order valence-electron chi connectivity index (χ1n) is 10.5. The summed E-state index contributed by atoms with van der Waals surface area (Å²) in [6.45, 7) is 6.76. The van der Waals surface area contributed by atoms with Crippen LogP contribution in [0.25, 0.3) is 0 Å². The van der Waals surface area contributed by atoms with Gasteiger partial charge in [0.2, 0.25) is 0 Å². The van der Waals surface area contributed by atoms with Gasteiger partial charge in [0, 0.05) is 24.8 Å². The van der Waals surface area contributed by atoms with Gasteiger partial charge in [-0.15, -0.1) is 0 Å². The lowest BCUT2D eigenvalue weighted by atomic mass is 9.86. The van der Waals surface area contributed by atoms with E-state index in [2.05, 4.69) is 38.1 Å². The van der Waals surface area contributed by atoms with Crippen LogP contribution in [-0.4, -0.2) is 32.5 Å². The zero-order chi connectivity index (χ0) is 20.4. The first kappa shape index (κ1) is 20.2. The minimum atomic E-state index is 0.0459. The van der Waals surface area contributed by atoms with Crippen molar-refractivity contribution in [2.45, 2.75) is 57.5 Å². The number of fused-ring (bicyclic) bond motifs is 2. The van der Waals surface area contributed by atoms with Crippen molar-refractivity contribution in [2.24, 2.45) is 5.73 Å². The Hall–Kier alpha value is -2.08. The number of hydrogen-bond acceptors (Lipinski definition) is 5. The van der Waals surface area contributed by atoms with Crippen LogP contribution in [0, 0.1) is 0 Å². The Morgan fingerprint density at radius 1 is 0.966 bits per heavy atom. The molecule has 2 aromatic rings. The van der Waals surface area contributed by atoms with Gasteiger partial charge in [-0.25, -0.2) is 0 Å². The van der Waals surface area contributed by atoms with Crippen LogP contribution in [0.4, 0.5) is 0 Å². The number of ether oxygens (including phenoxy) is 4. The van der Waals surface area contributed by atoms with E-state index >= 15 is 0 Å². The van der Waals surface area contributed by atoms with E-state index in [-0.39, 0.29) is 18.1 Å². The van der Waals surface area contributed by atoms with Crippen molar-refractivity contribution < 1.29 is 18.9 Å². The van der Waals surface area contributed by atoms with Crippen LogP contribution in [0.1, 0.15) is 54.4 Å². The average Bonchev–Trinajstić information content (AvgIpc) is 2.76. The van der Waals surface area contributed by atoms with Crippen molar-refractivity contribution in [1.82, 2.24) is 0 Å². The molecule has 29 heavy (non-hydrogen) atoms. The fraction of sp³-hybridized carbons (Fsp3) is 0.500. The van der Waals surface area contributed by atoms with Crippen molar-refractivity contribution >= 4 is 0 Å². The maximum absolute atomic E-state index is 6.12. The summed E-state index contributed by atoms with van der Waals surface area (Å²) in [6.07, 6.45) is 1.07. The molecule has 0 spiro atoms. The van der Waals surface area contributed by atoms with Crippen molar-refractivity contribution in [3.8, 4) is 11.5 Å². The zero-order valence-electron chi connectivity index (χ0n) is 17.5. The van der Waals surface area contributed by atoms with Gasteiger partial charge in [-0.1, -0.05) is 19.1 Å². The van der Waals surface area contributed by atoms with Gasteiger partial charge in [0.15, 0.2) is 0 Å². The number of methoxy groups -OCH3 is 1. The van der Waals surface area contributed by atoms with Gasteiger partial charge in [0.25, 0.3) is 0 Å². The first-order chi connectivity index (χ1) is 14.1. The maximum Gasteiger partial charge on any atom is 0.119 e. The number of hydrogen-bond donors (Lipinski definition) is 1. The van der Waals surface area contributed by atoms with Gasteiger partial charge in [-0.05, 0) is 53.4 Å². The molecule has 0 aromatic heterocycles. The molecule has 156 valence electrons. The highest BCUT2D eigenvalue weighted by atomic mass is 16.5. The highest BCUT2D eigenvalue weighted by Crippen LogP contribution is 2.36. The van der Waals surface area contributed by atoms with Crippen LogP contribution in [0.5, 0.6) is 11.5 Å². The van der Waals surface area contributed by atoms with Crippen LogP contribution in [0.2, 0.25) is 0 Å². The Labute approximate surface area is 173 Å². The molecule has 2 N–H and O–H groups in total. The normalized spacial score (nSPS) is 25.8. The third-order valence-electron chi connectivity index (χ3n) is 6.39. The molecule has 5 nitrogen and oxygen atoms in total. The molecule has 0 bridgehead atoms.